The van der Waals surface area contributed by atoms with Crippen LogP contribution in [0.25, 0.3) is 0 Å². The van der Waals surface area contributed by atoms with Gasteiger partial charge in [-0.2, -0.15) is 0 Å². The van der Waals surface area contributed by atoms with Crippen LogP contribution in [0.3, 0.4) is 0 Å². The Hall–Kier alpha value is -1.41. The van der Waals surface area contributed by atoms with Crippen molar-refractivity contribution in [1.82, 2.24) is 0 Å². The second-order valence-electron chi connectivity index (χ2n) is 9.24. The van der Waals surface area contributed by atoms with E-state index in [1.54, 1.807) is 0 Å². The molecule has 3 aliphatic carbocycles. The molecule has 1 aromatic carbocycles. The third-order valence-electron chi connectivity index (χ3n) is 8.40. The van der Waals surface area contributed by atoms with E-state index in [1.165, 1.54) is 43.2 Å². The number of Topliss-reactive ketones (excluding diaryl/α,β-unsaturated/α-hetero) is 1. The molecule has 0 N–H and O–H groups in total. The van der Waals surface area contributed by atoms with Crippen molar-refractivity contribution < 1.29 is 9.53 Å². The summed E-state index contributed by atoms with van der Waals surface area (Å²) in [6.07, 6.45) is 9.94. The molecule has 0 aromatic heterocycles. The molecule has 2 heteroatoms. The summed E-state index contributed by atoms with van der Waals surface area (Å²) in [6, 6.07) is 10.4. The zero-order chi connectivity index (χ0) is 19.1. The van der Waals surface area contributed by atoms with Gasteiger partial charge < -0.3 is 4.74 Å². The number of carbonyl (C=O) groups is 1. The van der Waals surface area contributed by atoms with E-state index in [9.17, 15) is 4.79 Å². The predicted molar refractivity (Wildman–Crippen MR) is 110 cm³/mol. The van der Waals surface area contributed by atoms with Gasteiger partial charge in [-0.15, -0.1) is 0 Å². The van der Waals surface area contributed by atoms with Crippen LogP contribution in [0, 0.1) is 22.7 Å². The summed E-state index contributed by atoms with van der Waals surface area (Å²) in [4.78, 5) is 13.9. The molecule has 2 nitrogen and oxygen atoms in total. The molecule has 3 saturated carbocycles. The Morgan fingerprint density at radius 1 is 1.15 bits per heavy atom. The topological polar surface area (TPSA) is 26.3 Å². The minimum atomic E-state index is -0.361. The van der Waals surface area contributed by atoms with Crippen LogP contribution in [0.2, 0.25) is 0 Å². The second-order valence-corrected chi connectivity index (χ2v) is 9.24. The number of fused-ring (bicyclic) bond motifs is 2. The van der Waals surface area contributed by atoms with E-state index in [4.69, 9.17) is 4.74 Å². The van der Waals surface area contributed by atoms with Crippen LogP contribution >= 0.6 is 0 Å². The van der Waals surface area contributed by atoms with Gasteiger partial charge in [0.2, 0.25) is 0 Å². The Balaban J connectivity index is 1.66. The predicted octanol–water partition coefficient (Wildman–Crippen LogP) is 5.76. The highest BCUT2D eigenvalue weighted by Gasteiger charge is 2.72. The summed E-state index contributed by atoms with van der Waals surface area (Å²) in [5.41, 5.74) is 2.12. The zero-order valence-electron chi connectivity index (χ0n) is 17.0. The van der Waals surface area contributed by atoms with Gasteiger partial charge in [0.1, 0.15) is 5.78 Å². The van der Waals surface area contributed by atoms with Crippen LogP contribution in [0.4, 0.5) is 0 Å². The van der Waals surface area contributed by atoms with Gasteiger partial charge in [0.25, 0.3) is 0 Å². The van der Waals surface area contributed by atoms with Crippen LogP contribution in [0.15, 0.2) is 42.5 Å². The highest BCUT2D eigenvalue weighted by atomic mass is 16.5. The summed E-state index contributed by atoms with van der Waals surface area (Å²) in [5.74, 6) is 1.37. The minimum Gasteiger partial charge on any atom is -0.380 e. The molecule has 27 heavy (non-hydrogen) atoms. The monoisotopic (exact) mass is 366 g/mol. The molecule has 1 aromatic rings. The minimum absolute atomic E-state index is 0.0280. The summed E-state index contributed by atoms with van der Waals surface area (Å²) < 4.78 is 6.05. The van der Waals surface area contributed by atoms with Gasteiger partial charge in [0, 0.05) is 24.9 Å². The lowest BCUT2D eigenvalue weighted by Crippen LogP contribution is -2.52. The Kier molecular flexibility index (Phi) is 5.05. The molecule has 0 aliphatic heterocycles. The Morgan fingerprint density at radius 3 is 2.52 bits per heavy atom. The first-order valence-corrected chi connectivity index (χ1v) is 10.8. The van der Waals surface area contributed by atoms with Crippen molar-refractivity contribution in [2.45, 2.75) is 70.8 Å². The van der Waals surface area contributed by atoms with Crippen molar-refractivity contribution in [2.75, 3.05) is 7.11 Å². The maximum atomic E-state index is 13.9. The Labute approximate surface area is 164 Å². The summed E-state index contributed by atoms with van der Waals surface area (Å²) in [6.45, 7) is 6.95. The number of rotatable bonds is 6. The number of methoxy groups -OCH3 is 1. The van der Waals surface area contributed by atoms with Gasteiger partial charge in [-0.1, -0.05) is 68.7 Å². The molecule has 4 rings (SSSR count). The van der Waals surface area contributed by atoms with E-state index >= 15 is 0 Å². The lowest BCUT2D eigenvalue weighted by atomic mass is 9.51. The fourth-order valence-electron chi connectivity index (χ4n) is 6.99. The molecule has 2 bridgehead atoms. The van der Waals surface area contributed by atoms with Gasteiger partial charge in [-0.3, -0.25) is 4.79 Å². The van der Waals surface area contributed by atoms with Gasteiger partial charge in [0.05, 0.1) is 11.5 Å². The molecule has 0 radical (unpaired) electrons. The molecule has 0 heterocycles. The van der Waals surface area contributed by atoms with Crippen molar-refractivity contribution >= 4 is 5.78 Å². The Bertz CT molecular complexity index is 702. The van der Waals surface area contributed by atoms with E-state index in [2.05, 4.69) is 37.8 Å². The van der Waals surface area contributed by atoms with E-state index < -0.39 is 0 Å². The van der Waals surface area contributed by atoms with Crippen LogP contribution < -0.4 is 0 Å². The highest BCUT2D eigenvalue weighted by Crippen LogP contribution is 2.71. The number of benzene rings is 1. The molecule has 0 spiro atoms. The maximum absolute atomic E-state index is 13.9. The molecule has 0 unspecified atom stereocenters. The first-order valence-electron chi connectivity index (χ1n) is 10.8. The molecule has 0 amide bonds. The van der Waals surface area contributed by atoms with Crippen LogP contribution in [-0.4, -0.2) is 19.0 Å². The lowest BCUT2D eigenvalue weighted by Gasteiger charge is -2.51. The highest BCUT2D eigenvalue weighted by molar-refractivity contribution is 5.89. The van der Waals surface area contributed by atoms with E-state index in [1.807, 2.05) is 13.2 Å². The number of hydrogen-bond donors (Lipinski definition) is 0. The SMILES string of the molecule is C=C1[C@@H]2CC[C@](C(=O)CCc3ccccc3)([C@@H]2OC)[C@@]1(C)C1CCCCC1. The van der Waals surface area contributed by atoms with Crippen LogP contribution in [-0.2, 0) is 16.0 Å². The first-order chi connectivity index (χ1) is 13.1. The van der Waals surface area contributed by atoms with Gasteiger partial charge in [-0.05, 0) is 43.6 Å². The molecule has 4 atom stereocenters. The number of ketones is 1. The normalized spacial score (nSPS) is 36.3. The molecular formula is C25H34O2. The third-order valence-corrected chi connectivity index (χ3v) is 8.40. The van der Waals surface area contributed by atoms with Crippen molar-refractivity contribution in [1.29, 1.82) is 0 Å². The average molecular weight is 367 g/mol. The fourth-order valence-corrected chi connectivity index (χ4v) is 6.99. The average Bonchev–Trinajstić information content (AvgIpc) is 3.20. The van der Waals surface area contributed by atoms with Crippen LogP contribution in [0.5, 0.6) is 0 Å². The first kappa shape index (κ1) is 18.9. The van der Waals surface area contributed by atoms with Gasteiger partial charge >= 0.3 is 0 Å². The fraction of sp³-hybridized carbons (Fsp3) is 0.640. The summed E-state index contributed by atoms with van der Waals surface area (Å²) in [5, 5.41) is 0. The molecule has 3 aliphatic rings. The molecular weight excluding hydrogens is 332 g/mol. The van der Waals surface area contributed by atoms with Gasteiger partial charge in [-0.25, -0.2) is 0 Å². The van der Waals surface area contributed by atoms with Crippen LogP contribution in [0.1, 0.15) is 63.9 Å². The van der Waals surface area contributed by atoms with Crippen molar-refractivity contribution in [2.24, 2.45) is 22.7 Å². The summed E-state index contributed by atoms with van der Waals surface area (Å²) in [7, 11) is 1.81. The van der Waals surface area contributed by atoms with E-state index in [-0.39, 0.29) is 16.9 Å². The smallest absolute Gasteiger partial charge is 0.142 e. The van der Waals surface area contributed by atoms with Gasteiger partial charge in [0.15, 0.2) is 0 Å². The number of ether oxygens (including phenoxy) is 1. The Morgan fingerprint density at radius 2 is 1.85 bits per heavy atom. The van der Waals surface area contributed by atoms with E-state index in [0.29, 0.717) is 24.0 Å². The number of carbonyl (C=O) groups excluding carboxylic acids is 1. The van der Waals surface area contributed by atoms with Crippen molar-refractivity contribution in [3.05, 3.63) is 48.0 Å². The largest absolute Gasteiger partial charge is 0.380 e. The molecule has 146 valence electrons. The number of hydrogen-bond acceptors (Lipinski definition) is 2. The zero-order valence-corrected chi connectivity index (χ0v) is 17.0. The molecule has 3 fully saturated rings. The third kappa shape index (κ3) is 2.67. The molecule has 0 saturated heterocycles. The standard InChI is InChI=1S/C25H34O2/c1-18-21-16-17-25(23(21)27-3,24(18,2)20-12-8-5-9-13-20)22(26)15-14-19-10-6-4-7-11-19/h4,6-7,10-11,20-21,23H,1,5,8-9,12-17H2,2-3H3/t21-,23+,24+,25-/m0/s1. The van der Waals surface area contributed by atoms with E-state index in [0.717, 1.165) is 19.3 Å². The summed E-state index contributed by atoms with van der Waals surface area (Å²) >= 11 is 0. The quantitative estimate of drug-likeness (QED) is 0.599. The maximum Gasteiger partial charge on any atom is 0.142 e. The number of aryl methyl sites for hydroxylation is 1. The van der Waals surface area contributed by atoms with Crippen molar-refractivity contribution in [3.8, 4) is 0 Å². The van der Waals surface area contributed by atoms with Crippen molar-refractivity contribution in [3.63, 3.8) is 0 Å². The lowest BCUT2D eigenvalue weighted by molar-refractivity contribution is -0.146. The second kappa shape index (κ2) is 7.20.